The predicted octanol–water partition coefficient (Wildman–Crippen LogP) is 5.65. The van der Waals surface area contributed by atoms with Crippen LogP contribution in [-0.2, 0) is 0 Å². The fourth-order valence-corrected chi connectivity index (χ4v) is 3.68. The van der Waals surface area contributed by atoms with Crippen LogP contribution in [0.1, 0.15) is 37.4 Å². The number of aromatic nitrogens is 2. The van der Waals surface area contributed by atoms with Crippen LogP contribution in [0.4, 0.5) is 0 Å². The molecule has 0 spiro atoms. The van der Waals surface area contributed by atoms with Gasteiger partial charge in [-0.2, -0.15) is 0 Å². The molecule has 0 radical (unpaired) electrons. The third-order valence-corrected chi connectivity index (χ3v) is 5.14. The molecule has 4 rings (SSSR count). The first kappa shape index (κ1) is 16.6. The van der Waals surface area contributed by atoms with Crippen LogP contribution in [0.3, 0.4) is 0 Å². The van der Waals surface area contributed by atoms with Crippen molar-refractivity contribution >= 4 is 16.5 Å². The van der Waals surface area contributed by atoms with Gasteiger partial charge in [0.1, 0.15) is 0 Å². The molecule has 4 heterocycles. The fraction of sp³-hybridized carbons (Fsp3) is 0.261. The van der Waals surface area contributed by atoms with Crippen LogP contribution in [0.5, 0.6) is 0 Å². The molecule has 26 heavy (non-hydrogen) atoms. The van der Waals surface area contributed by atoms with Gasteiger partial charge in [-0.15, -0.1) is 0 Å². The number of hydrogen-bond acceptors (Lipinski definition) is 2. The van der Waals surface area contributed by atoms with E-state index < -0.39 is 0 Å². The van der Waals surface area contributed by atoms with Crippen molar-refractivity contribution in [3.63, 3.8) is 0 Å². The van der Waals surface area contributed by atoms with Crippen LogP contribution in [0.15, 0.2) is 72.9 Å². The van der Waals surface area contributed by atoms with E-state index >= 15 is 0 Å². The minimum Gasteiger partial charge on any atom is -0.363 e. The van der Waals surface area contributed by atoms with Crippen LogP contribution >= 0.6 is 0 Å². The molecule has 0 aliphatic carbocycles. The van der Waals surface area contributed by atoms with Crippen molar-refractivity contribution < 1.29 is 0 Å². The Labute approximate surface area is 155 Å². The van der Waals surface area contributed by atoms with Gasteiger partial charge in [-0.25, -0.2) is 0 Å². The molecule has 0 amide bonds. The molecule has 3 nitrogen and oxygen atoms in total. The van der Waals surface area contributed by atoms with Gasteiger partial charge >= 0.3 is 0 Å². The number of rotatable bonds is 5. The van der Waals surface area contributed by atoms with E-state index in [0.717, 1.165) is 41.6 Å². The summed E-state index contributed by atoms with van der Waals surface area (Å²) in [7, 11) is 0. The van der Waals surface area contributed by atoms with Crippen molar-refractivity contribution in [1.82, 2.24) is 14.9 Å². The molecule has 0 bridgehead atoms. The zero-order valence-corrected chi connectivity index (χ0v) is 15.5. The highest BCUT2D eigenvalue weighted by atomic mass is 15.2. The third kappa shape index (κ3) is 3.05. The number of aromatic amines is 1. The summed E-state index contributed by atoms with van der Waals surface area (Å²) in [6.45, 7) is 8.63. The molecule has 1 unspecified atom stereocenters. The van der Waals surface area contributed by atoms with Gasteiger partial charge in [-0.05, 0) is 48.6 Å². The molecule has 132 valence electrons. The lowest BCUT2D eigenvalue weighted by Crippen LogP contribution is -2.31. The number of aryl methyl sites for hydroxylation is 1. The number of allylic oxidation sites excluding steroid dienone is 6. The topological polar surface area (TPSA) is 31.9 Å². The molecule has 2 aromatic rings. The highest BCUT2D eigenvalue weighted by molar-refractivity contribution is 5.84. The SMILES string of the molecule is C=C(CC1=CN2C(CCC)=CC=CC2C=C1)c1cnc2c[nH]c(C)c2c1. The van der Waals surface area contributed by atoms with Gasteiger partial charge < -0.3 is 9.88 Å². The van der Waals surface area contributed by atoms with Crippen molar-refractivity contribution in [3.8, 4) is 0 Å². The van der Waals surface area contributed by atoms with E-state index in [9.17, 15) is 0 Å². The molecule has 2 aliphatic heterocycles. The minimum atomic E-state index is 0.346. The lowest BCUT2D eigenvalue weighted by atomic mass is 9.96. The maximum atomic E-state index is 4.56. The summed E-state index contributed by atoms with van der Waals surface area (Å²) in [5.74, 6) is 0. The molecular weight excluding hydrogens is 318 g/mol. The summed E-state index contributed by atoms with van der Waals surface area (Å²) < 4.78 is 0. The van der Waals surface area contributed by atoms with E-state index in [1.807, 2.05) is 12.4 Å². The molecule has 1 N–H and O–H groups in total. The summed E-state index contributed by atoms with van der Waals surface area (Å²) in [4.78, 5) is 10.2. The van der Waals surface area contributed by atoms with Gasteiger partial charge in [0.25, 0.3) is 0 Å². The highest BCUT2D eigenvalue weighted by Crippen LogP contribution is 2.30. The molecular formula is C23H25N3. The Balaban J connectivity index is 1.55. The number of fused-ring (bicyclic) bond motifs is 2. The van der Waals surface area contributed by atoms with Crippen molar-refractivity contribution in [2.45, 2.75) is 39.2 Å². The molecule has 0 aromatic carbocycles. The Morgan fingerprint density at radius 2 is 2.23 bits per heavy atom. The summed E-state index contributed by atoms with van der Waals surface area (Å²) in [5, 5.41) is 1.17. The molecule has 2 aromatic heterocycles. The van der Waals surface area contributed by atoms with Gasteiger partial charge in [0.2, 0.25) is 0 Å². The zero-order valence-electron chi connectivity index (χ0n) is 15.5. The predicted molar refractivity (Wildman–Crippen MR) is 109 cm³/mol. The van der Waals surface area contributed by atoms with E-state index in [2.05, 4.69) is 77.9 Å². The number of pyridine rings is 1. The standard InChI is InChI=1S/C23H25N3/c1-4-6-20-7-5-8-21-10-9-18(15-26(20)21)11-16(2)19-12-22-17(3)24-14-23(22)25-13-19/h5,7-10,12-15,21,24H,2,4,6,11H2,1,3H3. The normalized spacial score (nSPS) is 18.7. The Hall–Kier alpha value is -2.81. The third-order valence-electron chi connectivity index (χ3n) is 5.14. The number of hydrogen-bond donors (Lipinski definition) is 1. The quantitative estimate of drug-likeness (QED) is 0.760. The lowest BCUT2D eigenvalue weighted by molar-refractivity contribution is 0.413. The summed E-state index contributed by atoms with van der Waals surface area (Å²) in [6, 6.07) is 2.54. The van der Waals surface area contributed by atoms with Crippen molar-refractivity contribution in [2.75, 3.05) is 0 Å². The van der Waals surface area contributed by atoms with Crippen molar-refractivity contribution in [2.24, 2.45) is 0 Å². The molecule has 3 heteroatoms. The zero-order chi connectivity index (χ0) is 18.1. The van der Waals surface area contributed by atoms with Crippen molar-refractivity contribution in [3.05, 3.63) is 84.1 Å². The van der Waals surface area contributed by atoms with E-state index in [1.165, 1.54) is 16.7 Å². The Kier molecular flexibility index (Phi) is 4.37. The van der Waals surface area contributed by atoms with Gasteiger partial charge in [-0.1, -0.05) is 44.2 Å². The van der Waals surface area contributed by atoms with Gasteiger partial charge in [0.15, 0.2) is 0 Å². The van der Waals surface area contributed by atoms with Gasteiger partial charge in [-0.3, -0.25) is 4.98 Å². The minimum absolute atomic E-state index is 0.346. The second-order valence-electron chi connectivity index (χ2n) is 7.10. The highest BCUT2D eigenvalue weighted by Gasteiger charge is 2.20. The van der Waals surface area contributed by atoms with E-state index in [4.69, 9.17) is 0 Å². The van der Waals surface area contributed by atoms with Crippen molar-refractivity contribution in [1.29, 1.82) is 0 Å². The maximum absolute atomic E-state index is 4.56. The fourth-order valence-electron chi connectivity index (χ4n) is 3.68. The molecule has 2 aliphatic rings. The monoisotopic (exact) mass is 343 g/mol. The summed E-state index contributed by atoms with van der Waals surface area (Å²) >= 11 is 0. The Morgan fingerprint density at radius 3 is 3.08 bits per heavy atom. The first-order valence-electron chi connectivity index (χ1n) is 9.32. The average Bonchev–Trinajstić information content (AvgIpc) is 3.03. The van der Waals surface area contributed by atoms with Crippen LogP contribution in [0.2, 0.25) is 0 Å². The van der Waals surface area contributed by atoms with Crippen LogP contribution in [0, 0.1) is 6.92 Å². The van der Waals surface area contributed by atoms with Gasteiger partial charge in [0, 0.05) is 35.4 Å². The number of H-pyrrole nitrogens is 1. The van der Waals surface area contributed by atoms with Crippen LogP contribution in [-0.4, -0.2) is 20.9 Å². The second kappa shape index (κ2) is 6.83. The summed E-state index contributed by atoms with van der Waals surface area (Å²) in [6.07, 6.45) is 20.4. The number of nitrogens with zero attached hydrogens (tertiary/aromatic N) is 2. The lowest BCUT2D eigenvalue weighted by Gasteiger charge is -2.34. The molecule has 0 saturated carbocycles. The molecule has 0 saturated heterocycles. The maximum Gasteiger partial charge on any atom is 0.0879 e. The smallest absolute Gasteiger partial charge is 0.0879 e. The van der Waals surface area contributed by atoms with Gasteiger partial charge in [0.05, 0.1) is 11.6 Å². The second-order valence-corrected chi connectivity index (χ2v) is 7.10. The van der Waals surface area contributed by atoms with Crippen LogP contribution < -0.4 is 0 Å². The summed E-state index contributed by atoms with van der Waals surface area (Å²) in [5.41, 5.74) is 7.04. The average molecular weight is 343 g/mol. The Morgan fingerprint density at radius 1 is 1.35 bits per heavy atom. The molecule has 0 fully saturated rings. The van der Waals surface area contributed by atoms with E-state index in [1.54, 1.807) is 0 Å². The van der Waals surface area contributed by atoms with E-state index in [-0.39, 0.29) is 0 Å². The first-order chi connectivity index (χ1) is 12.7. The van der Waals surface area contributed by atoms with Crippen LogP contribution in [0.25, 0.3) is 16.5 Å². The first-order valence-corrected chi connectivity index (χ1v) is 9.32. The molecule has 1 atom stereocenters. The Bertz CT molecular complexity index is 968. The number of nitrogens with one attached hydrogen (secondary N) is 1. The largest absolute Gasteiger partial charge is 0.363 e. The van der Waals surface area contributed by atoms with E-state index in [0.29, 0.717) is 6.04 Å².